The summed E-state index contributed by atoms with van der Waals surface area (Å²) in [5.41, 5.74) is -0.478. The molecule has 0 radical (unpaired) electrons. The van der Waals surface area contributed by atoms with Gasteiger partial charge in [-0.25, -0.2) is 0 Å². The van der Waals surface area contributed by atoms with E-state index in [1.165, 1.54) is 0 Å². The third-order valence-electron chi connectivity index (χ3n) is 4.24. The van der Waals surface area contributed by atoms with Gasteiger partial charge in [0.25, 0.3) is 0 Å². The van der Waals surface area contributed by atoms with E-state index in [-0.39, 0.29) is 29.0 Å². The van der Waals surface area contributed by atoms with Gasteiger partial charge in [-0.05, 0) is 48.0 Å². The molecule has 0 rings (SSSR count). The molecule has 0 aliphatic carbocycles. The summed E-state index contributed by atoms with van der Waals surface area (Å²) in [6.07, 6.45) is 2.41. The maximum Gasteiger partial charge on any atom is 0.129 e. The Morgan fingerprint density at radius 1 is 1.09 bits per heavy atom. The van der Waals surface area contributed by atoms with E-state index in [0.717, 1.165) is 12.8 Å². The van der Waals surface area contributed by atoms with Gasteiger partial charge < -0.3 is 19.0 Å². The smallest absolute Gasteiger partial charge is 0.129 e. The predicted molar refractivity (Wildman–Crippen MR) is 90.2 cm³/mol. The Morgan fingerprint density at radius 2 is 1.68 bits per heavy atom. The van der Waals surface area contributed by atoms with Crippen LogP contribution in [0.25, 0.3) is 0 Å². The van der Waals surface area contributed by atoms with Crippen molar-refractivity contribution in [2.75, 3.05) is 20.3 Å². The maximum absolute atomic E-state index is 10.9. The number of Topliss-reactive ketones (excluding diaryl/α,β-unsaturated/α-hetero) is 1. The molecule has 0 fully saturated rings. The normalized spacial score (nSPS) is 15.6. The Kier molecular flexibility index (Phi) is 9.44. The Labute approximate surface area is 136 Å². The summed E-state index contributed by atoms with van der Waals surface area (Å²) in [6, 6.07) is 0. The number of carbonyl (C=O) groups excluding carboxylic acids is 1. The van der Waals surface area contributed by atoms with Crippen molar-refractivity contribution < 1.29 is 19.0 Å². The lowest BCUT2D eigenvalue weighted by atomic mass is 9.92. The van der Waals surface area contributed by atoms with Crippen molar-refractivity contribution in [2.24, 2.45) is 5.92 Å². The molecule has 0 aliphatic rings. The number of carbonyl (C=O) groups is 1. The van der Waals surface area contributed by atoms with Gasteiger partial charge in [0.05, 0.1) is 23.9 Å². The molecule has 132 valence electrons. The van der Waals surface area contributed by atoms with Crippen LogP contribution in [0.3, 0.4) is 0 Å². The van der Waals surface area contributed by atoms with E-state index in [1.807, 2.05) is 0 Å². The maximum atomic E-state index is 10.9. The average molecular weight is 316 g/mol. The van der Waals surface area contributed by atoms with Crippen molar-refractivity contribution in [1.82, 2.24) is 0 Å². The van der Waals surface area contributed by atoms with Gasteiger partial charge in [-0.2, -0.15) is 0 Å². The highest BCUT2D eigenvalue weighted by Gasteiger charge is 2.30. The van der Waals surface area contributed by atoms with Crippen LogP contribution in [0.5, 0.6) is 0 Å². The highest BCUT2D eigenvalue weighted by Crippen LogP contribution is 2.25. The third-order valence-corrected chi connectivity index (χ3v) is 4.24. The number of ketones is 1. The third kappa shape index (κ3) is 9.54. The molecule has 0 aromatic carbocycles. The number of hydrogen-bond acceptors (Lipinski definition) is 4. The van der Waals surface area contributed by atoms with E-state index in [0.29, 0.717) is 19.6 Å². The molecule has 4 heteroatoms. The van der Waals surface area contributed by atoms with Gasteiger partial charge in [-0.3, -0.25) is 0 Å². The van der Waals surface area contributed by atoms with Crippen LogP contribution in [0.2, 0.25) is 0 Å². The van der Waals surface area contributed by atoms with Crippen molar-refractivity contribution in [3.63, 3.8) is 0 Å². The predicted octanol–water partition coefficient (Wildman–Crippen LogP) is 4.01. The minimum absolute atomic E-state index is 0.182. The van der Waals surface area contributed by atoms with Crippen molar-refractivity contribution in [3.8, 4) is 0 Å². The molecule has 2 unspecified atom stereocenters. The summed E-state index contributed by atoms with van der Waals surface area (Å²) in [6.45, 7) is 15.4. The lowest BCUT2D eigenvalue weighted by molar-refractivity contribution is -0.122. The molecule has 4 nitrogen and oxygen atoms in total. The first-order chi connectivity index (χ1) is 10.00. The zero-order valence-corrected chi connectivity index (χ0v) is 15.8. The van der Waals surface area contributed by atoms with Gasteiger partial charge >= 0.3 is 0 Å². The Balaban J connectivity index is 4.21. The van der Waals surface area contributed by atoms with Crippen molar-refractivity contribution in [1.29, 1.82) is 0 Å². The Bertz CT molecular complexity index is 323. The van der Waals surface area contributed by atoms with Crippen LogP contribution in [-0.2, 0) is 19.0 Å². The molecule has 0 amide bonds. The molecule has 0 saturated carbocycles. The molecule has 22 heavy (non-hydrogen) atoms. The second kappa shape index (κ2) is 9.64. The average Bonchev–Trinajstić information content (AvgIpc) is 2.40. The van der Waals surface area contributed by atoms with E-state index in [1.54, 1.807) is 14.0 Å². The van der Waals surface area contributed by atoms with Gasteiger partial charge in [0.15, 0.2) is 0 Å². The molecule has 0 heterocycles. The Morgan fingerprint density at radius 3 is 2.18 bits per heavy atom. The standard InChI is InChI=1S/C18H36O4/c1-14(13-22-17(4,5)12-16(3)20-8)18(6,7)21-11-9-10-15(2)19/h14,16H,9-13H2,1-8H3. The molecular formula is C18H36O4. The van der Waals surface area contributed by atoms with Gasteiger partial charge in [-0.15, -0.1) is 0 Å². The highest BCUT2D eigenvalue weighted by atomic mass is 16.5. The van der Waals surface area contributed by atoms with Crippen LogP contribution in [0, 0.1) is 5.92 Å². The van der Waals surface area contributed by atoms with Gasteiger partial charge in [0, 0.05) is 32.5 Å². The number of methoxy groups -OCH3 is 1. The van der Waals surface area contributed by atoms with Gasteiger partial charge in [0.2, 0.25) is 0 Å². The first-order valence-electron chi connectivity index (χ1n) is 8.30. The fourth-order valence-electron chi connectivity index (χ4n) is 2.18. The molecule has 0 bridgehead atoms. The van der Waals surface area contributed by atoms with Crippen molar-refractivity contribution >= 4 is 5.78 Å². The van der Waals surface area contributed by atoms with Crippen molar-refractivity contribution in [2.45, 2.75) is 85.0 Å². The fraction of sp³-hybridized carbons (Fsp3) is 0.944. The van der Waals surface area contributed by atoms with Crippen LogP contribution in [0.15, 0.2) is 0 Å². The molecule has 0 N–H and O–H groups in total. The number of hydrogen-bond donors (Lipinski definition) is 0. The zero-order chi connectivity index (χ0) is 17.4. The van der Waals surface area contributed by atoms with Crippen LogP contribution in [0.1, 0.15) is 67.7 Å². The van der Waals surface area contributed by atoms with E-state index in [2.05, 4.69) is 41.5 Å². The van der Waals surface area contributed by atoms with Gasteiger partial charge in [-0.1, -0.05) is 6.92 Å². The monoisotopic (exact) mass is 316 g/mol. The molecule has 0 saturated heterocycles. The van der Waals surface area contributed by atoms with E-state index in [4.69, 9.17) is 14.2 Å². The van der Waals surface area contributed by atoms with Crippen molar-refractivity contribution in [3.05, 3.63) is 0 Å². The SMILES string of the molecule is COC(C)CC(C)(C)OCC(C)C(C)(C)OCCCC(C)=O. The lowest BCUT2D eigenvalue weighted by Crippen LogP contribution is -2.39. The second-order valence-corrected chi connectivity index (χ2v) is 7.48. The minimum Gasteiger partial charge on any atom is -0.382 e. The lowest BCUT2D eigenvalue weighted by Gasteiger charge is -2.35. The molecule has 0 aromatic heterocycles. The quantitative estimate of drug-likeness (QED) is 0.510. The summed E-state index contributed by atoms with van der Waals surface area (Å²) in [7, 11) is 1.72. The van der Waals surface area contributed by atoms with E-state index < -0.39 is 0 Å². The summed E-state index contributed by atoms with van der Waals surface area (Å²) in [4.78, 5) is 10.9. The molecule has 2 atom stereocenters. The number of ether oxygens (including phenoxy) is 3. The highest BCUT2D eigenvalue weighted by molar-refractivity contribution is 5.75. The number of rotatable bonds is 12. The van der Waals surface area contributed by atoms with Crippen LogP contribution < -0.4 is 0 Å². The topological polar surface area (TPSA) is 44.8 Å². The molecule has 0 spiro atoms. The van der Waals surface area contributed by atoms with Crippen LogP contribution in [0.4, 0.5) is 0 Å². The molecule has 0 aliphatic heterocycles. The molecule has 0 aromatic rings. The summed E-state index contributed by atoms with van der Waals surface area (Å²) < 4.78 is 17.3. The largest absolute Gasteiger partial charge is 0.382 e. The first-order valence-corrected chi connectivity index (χ1v) is 8.30. The summed E-state index contributed by atoms with van der Waals surface area (Å²) in [5.74, 6) is 0.480. The second-order valence-electron chi connectivity index (χ2n) is 7.48. The van der Waals surface area contributed by atoms with E-state index >= 15 is 0 Å². The zero-order valence-electron chi connectivity index (χ0n) is 15.8. The van der Waals surface area contributed by atoms with E-state index in [9.17, 15) is 4.79 Å². The summed E-state index contributed by atoms with van der Waals surface area (Å²) >= 11 is 0. The van der Waals surface area contributed by atoms with Gasteiger partial charge in [0.1, 0.15) is 5.78 Å². The minimum atomic E-state index is -0.264. The first kappa shape index (κ1) is 21.6. The van der Waals surface area contributed by atoms with Crippen LogP contribution in [-0.4, -0.2) is 43.4 Å². The fourth-order valence-corrected chi connectivity index (χ4v) is 2.18. The Hall–Kier alpha value is -0.450. The molecular weight excluding hydrogens is 280 g/mol. The summed E-state index contributed by atoms with van der Waals surface area (Å²) in [5, 5.41) is 0. The van der Waals surface area contributed by atoms with Crippen LogP contribution >= 0.6 is 0 Å².